The molecule has 1 N–H and O–H groups in total. The third-order valence-electron chi connectivity index (χ3n) is 3.68. The van der Waals surface area contributed by atoms with Gasteiger partial charge in [0.15, 0.2) is 17.5 Å². The van der Waals surface area contributed by atoms with E-state index in [2.05, 4.69) is 35.2 Å². The summed E-state index contributed by atoms with van der Waals surface area (Å²) in [5.41, 5.74) is 1.16. The monoisotopic (exact) mass is 305 g/mol. The number of ether oxygens (including phenoxy) is 2. The maximum absolute atomic E-state index is 5.73. The lowest BCUT2D eigenvalue weighted by Gasteiger charge is -2.22. The number of guanidine groups is 1. The second-order valence-electron chi connectivity index (χ2n) is 5.51. The summed E-state index contributed by atoms with van der Waals surface area (Å²) in [7, 11) is 3.89. The Labute approximate surface area is 133 Å². The zero-order chi connectivity index (χ0) is 15.8. The molecule has 0 bridgehead atoms. The lowest BCUT2D eigenvalue weighted by Crippen LogP contribution is -2.38. The van der Waals surface area contributed by atoms with Gasteiger partial charge in [-0.05, 0) is 24.1 Å². The predicted molar refractivity (Wildman–Crippen MR) is 89.8 cm³/mol. The Morgan fingerprint density at radius 2 is 2.05 bits per heavy atom. The van der Waals surface area contributed by atoms with Gasteiger partial charge in [0.2, 0.25) is 0 Å². The van der Waals surface area contributed by atoms with Crippen LogP contribution in [0.25, 0.3) is 0 Å². The molecule has 1 aliphatic rings. The second kappa shape index (κ2) is 8.51. The van der Waals surface area contributed by atoms with Crippen molar-refractivity contribution < 1.29 is 9.47 Å². The first-order chi connectivity index (χ1) is 10.7. The summed E-state index contributed by atoms with van der Waals surface area (Å²) in [6.07, 6.45) is 3.28. The summed E-state index contributed by atoms with van der Waals surface area (Å²) in [5, 5.41) is 3.40. The number of hydrogen-bond acceptors (Lipinski definition) is 3. The highest BCUT2D eigenvalue weighted by molar-refractivity contribution is 5.79. The van der Waals surface area contributed by atoms with Crippen molar-refractivity contribution in [3.05, 3.63) is 23.8 Å². The highest BCUT2D eigenvalue weighted by Crippen LogP contribution is 2.30. The molecule has 5 heteroatoms. The summed E-state index contributed by atoms with van der Waals surface area (Å²) in [6, 6.07) is 6.11. The molecule has 2 rings (SSSR count). The largest absolute Gasteiger partial charge is 0.490 e. The average molecular weight is 305 g/mol. The molecule has 0 unspecified atom stereocenters. The fraction of sp³-hybridized carbons (Fsp3) is 0.588. The summed E-state index contributed by atoms with van der Waals surface area (Å²) in [4.78, 5) is 6.49. The third kappa shape index (κ3) is 4.55. The number of rotatable bonds is 5. The molecule has 0 aromatic heterocycles. The van der Waals surface area contributed by atoms with Gasteiger partial charge >= 0.3 is 0 Å². The van der Waals surface area contributed by atoms with Crippen LogP contribution < -0.4 is 14.8 Å². The van der Waals surface area contributed by atoms with Crippen LogP contribution in [0.5, 0.6) is 11.5 Å². The molecule has 0 spiro atoms. The Balaban J connectivity index is 1.94. The predicted octanol–water partition coefficient (Wildman–Crippen LogP) is 2.66. The summed E-state index contributed by atoms with van der Waals surface area (Å²) in [6.45, 7) is 5.36. The molecule has 1 aromatic carbocycles. The van der Waals surface area contributed by atoms with E-state index in [0.29, 0.717) is 6.61 Å². The molecule has 1 aromatic rings. The van der Waals surface area contributed by atoms with Gasteiger partial charge in [0.1, 0.15) is 0 Å². The third-order valence-corrected chi connectivity index (χ3v) is 3.68. The Hall–Kier alpha value is -1.91. The number of benzene rings is 1. The Kier molecular flexibility index (Phi) is 6.37. The van der Waals surface area contributed by atoms with E-state index in [-0.39, 0.29) is 0 Å². The molecule has 1 heterocycles. The first-order valence-corrected chi connectivity index (χ1v) is 8.05. The van der Waals surface area contributed by atoms with Crippen molar-refractivity contribution in [1.29, 1.82) is 0 Å². The Bertz CT molecular complexity index is 503. The van der Waals surface area contributed by atoms with E-state index >= 15 is 0 Å². The zero-order valence-corrected chi connectivity index (χ0v) is 13.9. The van der Waals surface area contributed by atoms with Gasteiger partial charge in [-0.25, -0.2) is 0 Å². The van der Waals surface area contributed by atoms with Crippen molar-refractivity contribution in [3.63, 3.8) is 0 Å². The molecule has 1 aliphatic heterocycles. The highest BCUT2D eigenvalue weighted by Gasteiger charge is 2.11. The number of unbranched alkanes of at least 4 members (excludes halogenated alkanes) is 1. The zero-order valence-electron chi connectivity index (χ0n) is 13.9. The number of hydrogen-bond donors (Lipinski definition) is 1. The minimum Gasteiger partial charge on any atom is -0.490 e. The fourth-order valence-corrected chi connectivity index (χ4v) is 2.38. The van der Waals surface area contributed by atoms with Crippen molar-refractivity contribution in [2.24, 2.45) is 4.99 Å². The molecule has 22 heavy (non-hydrogen) atoms. The quantitative estimate of drug-likeness (QED) is 0.671. The number of aliphatic imine (C=N–C) groups is 1. The van der Waals surface area contributed by atoms with Gasteiger partial charge in [0.05, 0.1) is 13.2 Å². The molecule has 0 radical (unpaired) electrons. The number of nitrogens with one attached hydrogen (secondary N) is 1. The SMILES string of the molecule is CCCCN(C)C(=NC)NCc1ccc2c(c1)OCCCO2. The molecule has 5 nitrogen and oxygen atoms in total. The first-order valence-electron chi connectivity index (χ1n) is 8.05. The van der Waals surface area contributed by atoms with Gasteiger partial charge in [0.25, 0.3) is 0 Å². The van der Waals surface area contributed by atoms with E-state index in [4.69, 9.17) is 9.47 Å². The van der Waals surface area contributed by atoms with E-state index in [1.807, 2.05) is 19.2 Å². The van der Waals surface area contributed by atoms with Crippen LogP contribution in [-0.4, -0.2) is 44.7 Å². The van der Waals surface area contributed by atoms with Gasteiger partial charge in [-0.15, -0.1) is 0 Å². The van der Waals surface area contributed by atoms with Crippen LogP contribution in [-0.2, 0) is 6.54 Å². The Morgan fingerprint density at radius 3 is 2.77 bits per heavy atom. The lowest BCUT2D eigenvalue weighted by molar-refractivity contribution is 0.297. The molecule has 0 aliphatic carbocycles. The molecule has 0 amide bonds. The molecule has 0 fully saturated rings. The molecule has 122 valence electrons. The van der Waals surface area contributed by atoms with Gasteiger partial charge in [0, 0.05) is 33.6 Å². The minimum atomic E-state index is 0.714. The van der Waals surface area contributed by atoms with Crippen molar-refractivity contribution in [2.45, 2.75) is 32.7 Å². The minimum absolute atomic E-state index is 0.714. The summed E-state index contributed by atoms with van der Waals surface area (Å²) < 4.78 is 11.4. The molecular weight excluding hydrogens is 278 g/mol. The lowest BCUT2D eigenvalue weighted by atomic mass is 10.2. The summed E-state index contributed by atoms with van der Waals surface area (Å²) >= 11 is 0. The van der Waals surface area contributed by atoms with E-state index in [1.165, 1.54) is 12.8 Å². The number of fused-ring (bicyclic) bond motifs is 1. The van der Waals surface area contributed by atoms with E-state index < -0.39 is 0 Å². The molecular formula is C17H27N3O2. The van der Waals surface area contributed by atoms with Gasteiger partial charge in [-0.3, -0.25) is 4.99 Å². The maximum Gasteiger partial charge on any atom is 0.193 e. The molecule has 0 saturated heterocycles. The van der Waals surface area contributed by atoms with Gasteiger partial charge in [-0.2, -0.15) is 0 Å². The van der Waals surface area contributed by atoms with Crippen LogP contribution in [0.1, 0.15) is 31.7 Å². The normalized spacial score (nSPS) is 14.4. The van der Waals surface area contributed by atoms with Crippen LogP contribution in [0.15, 0.2) is 23.2 Å². The van der Waals surface area contributed by atoms with Crippen LogP contribution in [0.4, 0.5) is 0 Å². The van der Waals surface area contributed by atoms with Gasteiger partial charge in [-0.1, -0.05) is 19.4 Å². The summed E-state index contributed by atoms with van der Waals surface area (Å²) in [5.74, 6) is 2.59. The van der Waals surface area contributed by atoms with Crippen molar-refractivity contribution in [2.75, 3.05) is 33.9 Å². The van der Waals surface area contributed by atoms with E-state index in [9.17, 15) is 0 Å². The molecule has 0 atom stereocenters. The van der Waals surface area contributed by atoms with Crippen LogP contribution in [0.3, 0.4) is 0 Å². The number of nitrogens with zero attached hydrogens (tertiary/aromatic N) is 2. The standard InChI is InChI=1S/C17H27N3O2/c1-4-5-9-20(3)17(18-2)19-13-14-7-8-15-16(12-14)22-11-6-10-21-15/h7-8,12H,4-6,9-11,13H2,1-3H3,(H,18,19). The second-order valence-corrected chi connectivity index (χ2v) is 5.51. The van der Waals surface area contributed by atoms with Crippen LogP contribution >= 0.6 is 0 Å². The molecule has 0 saturated carbocycles. The fourth-order valence-electron chi connectivity index (χ4n) is 2.38. The smallest absolute Gasteiger partial charge is 0.193 e. The topological polar surface area (TPSA) is 46.1 Å². The van der Waals surface area contributed by atoms with Crippen LogP contribution in [0.2, 0.25) is 0 Å². The van der Waals surface area contributed by atoms with Crippen molar-refractivity contribution >= 4 is 5.96 Å². The average Bonchev–Trinajstić information content (AvgIpc) is 2.78. The van der Waals surface area contributed by atoms with Crippen molar-refractivity contribution in [1.82, 2.24) is 10.2 Å². The Morgan fingerprint density at radius 1 is 1.27 bits per heavy atom. The van der Waals surface area contributed by atoms with Gasteiger partial charge < -0.3 is 19.7 Å². The van der Waals surface area contributed by atoms with Crippen LogP contribution in [0, 0.1) is 0 Å². The maximum atomic E-state index is 5.73. The van der Waals surface area contributed by atoms with E-state index in [0.717, 1.165) is 49.1 Å². The van der Waals surface area contributed by atoms with E-state index in [1.54, 1.807) is 0 Å². The van der Waals surface area contributed by atoms with Crippen molar-refractivity contribution in [3.8, 4) is 11.5 Å². The first kappa shape index (κ1) is 16.5. The highest BCUT2D eigenvalue weighted by atomic mass is 16.5.